The van der Waals surface area contributed by atoms with Crippen molar-refractivity contribution in [3.8, 4) is 0 Å². The molecule has 0 bridgehead atoms. The number of carbonyl (C=O) groups excluding carboxylic acids is 1. The fourth-order valence-corrected chi connectivity index (χ4v) is 3.14. The highest BCUT2D eigenvalue weighted by atomic mass is 35.5. The second kappa shape index (κ2) is 4.25. The molecule has 3 rings (SSSR count). The van der Waals surface area contributed by atoms with Crippen molar-refractivity contribution in [2.75, 3.05) is 13.2 Å². The Morgan fingerprint density at radius 3 is 2.83 bits per heavy atom. The van der Waals surface area contributed by atoms with E-state index in [1.54, 1.807) is 0 Å². The summed E-state index contributed by atoms with van der Waals surface area (Å²) in [6, 6.07) is 7.64. The van der Waals surface area contributed by atoms with Crippen LogP contribution in [0.5, 0.6) is 0 Å². The molecule has 0 spiro atoms. The minimum absolute atomic E-state index is 0.0266. The first-order chi connectivity index (χ1) is 8.63. The highest BCUT2D eigenvalue weighted by Gasteiger charge is 2.52. The summed E-state index contributed by atoms with van der Waals surface area (Å²) >= 11 is 5.93. The Morgan fingerprint density at radius 1 is 1.39 bits per heavy atom. The van der Waals surface area contributed by atoms with Crippen molar-refractivity contribution in [2.24, 2.45) is 5.92 Å². The highest BCUT2D eigenvalue weighted by molar-refractivity contribution is 6.30. The number of hydrogen-bond donors (Lipinski definition) is 0. The van der Waals surface area contributed by atoms with E-state index in [0.717, 1.165) is 24.9 Å². The number of carbonyl (C=O) groups is 1. The third-order valence-electron chi connectivity index (χ3n) is 3.87. The molecule has 0 aliphatic carbocycles. The van der Waals surface area contributed by atoms with Crippen LogP contribution in [0.3, 0.4) is 0 Å². The molecule has 0 radical (unpaired) electrons. The molecule has 2 aliphatic heterocycles. The van der Waals surface area contributed by atoms with Gasteiger partial charge in [0.05, 0.1) is 6.61 Å². The quantitative estimate of drug-likeness (QED) is 0.781. The molecule has 18 heavy (non-hydrogen) atoms. The lowest BCUT2D eigenvalue weighted by molar-refractivity contribution is -0.183. The van der Waals surface area contributed by atoms with Gasteiger partial charge in [-0.05, 0) is 18.6 Å². The summed E-state index contributed by atoms with van der Waals surface area (Å²) in [6.45, 7) is 3.46. The fourth-order valence-electron chi connectivity index (χ4n) is 3.02. The Labute approximate surface area is 112 Å². The Balaban J connectivity index is 2.05. The molecule has 4 heteroatoms. The van der Waals surface area contributed by atoms with Crippen LogP contribution in [0.25, 0.3) is 0 Å². The third-order valence-corrected chi connectivity index (χ3v) is 4.12. The number of benzene rings is 1. The fraction of sp³-hybridized carbons (Fsp3) is 0.500. The number of amides is 1. The van der Waals surface area contributed by atoms with Crippen LogP contribution in [0.2, 0.25) is 5.02 Å². The molecule has 1 aromatic rings. The minimum atomic E-state index is -0.556. The normalized spacial score (nSPS) is 31.6. The van der Waals surface area contributed by atoms with Crippen LogP contribution in [-0.4, -0.2) is 24.0 Å². The average Bonchev–Trinajstić information content (AvgIpc) is 2.64. The van der Waals surface area contributed by atoms with E-state index in [1.807, 2.05) is 36.1 Å². The molecule has 1 aromatic carbocycles. The number of hydrogen-bond acceptors (Lipinski definition) is 2. The molecule has 2 heterocycles. The maximum absolute atomic E-state index is 12.2. The molecule has 0 N–H and O–H groups in total. The Bertz CT molecular complexity index is 473. The zero-order chi connectivity index (χ0) is 12.8. The Hall–Kier alpha value is -1.06. The minimum Gasteiger partial charge on any atom is -0.351 e. The number of nitrogens with zero attached hydrogens (tertiary/aromatic N) is 1. The van der Waals surface area contributed by atoms with Gasteiger partial charge in [0.15, 0.2) is 5.72 Å². The Morgan fingerprint density at radius 2 is 2.11 bits per heavy atom. The maximum atomic E-state index is 12.2. The van der Waals surface area contributed by atoms with Gasteiger partial charge in [-0.25, -0.2) is 0 Å². The van der Waals surface area contributed by atoms with Crippen molar-refractivity contribution in [3.63, 3.8) is 0 Å². The average molecular weight is 266 g/mol. The van der Waals surface area contributed by atoms with Crippen molar-refractivity contribution < 1.29 is 9.53 Å². The van der Waals surface area contributed by atoms with Crippen molar-refractivity contribution in [1.29, 1.82) is 0 Å². The van der Waals surface area contributed by atoms with Crippen LogP contribution >= 0.6 is 11.6 Å². The van der Waals surface area contributed by atoms with Crippen LogP contribution in [0.15, 0.2) is 24.3 Å². The molecule has 2 aliphatic rings. The van der Waals surface area contributed by atoms with Crippen molar-refractivity contribution >= 4 is 17.5 Å². The van der Waals surface area contributed by atoms with E-state index < -0.39 is 5.72 Å². The van der Waals surface area contributed by atoms with E-state index in [2.05, 4.69) is 0 Å². The molecule has 2 atom stereocenters. The second-order valence-electron chi connectivity index (χ2n) is 5.09. The molecular weight excluding hydrogens is 250 g/mol. The van der Waals surface area contributed by atoms with Crippen molar-refractivity contribution in [3.05, 3.63) is 34.9 Å². The summed E-state index contributed by atoms with van der Waals surface area (Å²) < 4.78 is 6.02. The van der Waals surface area contributed by atoms with E-state index in [4.69, 9.17) is 16.3 Å². The van der Waals surface area contributed by atoms with E-state index in [0.29, 0.717) is 11.6 Å². The molecule has 2 fully saturated rings. The van der Waals surface area contributed by atoms with Gasteiger partial charge in [0.1, 0.15) is 0 Å². The van der Waals surface area contributed by atoms with Gasteiger partial charge in [0.25, 0.3) is 0 Å². The van der Waals surface area contributed by atoms with Gasteiger partial charge in [-0.2, -0.15) is 0 Å². The van der Waals surface area contributed by atoms with Gasteiger partial charge in [-0.1, -0.05) is 30.7 Å². The molecule has 96 valence electrons. The molecular formula is C14H16ClNO2. The predicted molar refractivity (Wildman–Crippen MR) is 69.2 cm³/mol. The van der Waals surface area contributed by atoms with Gasteiger partial charge in [-0.3, -0.25) is 4.79 Å². The standard InChI is InChI=1S/C14H16ClNO2/c1-10-9-14(11-3-5-12(15)6-4-11)16(13(10)17)7-2-8-18-14/h3-6,10H,2,7-9H2,1H3/t10-,14-/m0/s1. The summed E-state index contributed by atoms with van der Waals surface area (Å²) in [7, 11) is 0. The SMILES string of the molecule is C[C@H]1C[C@@]2(c3ccc(Cl)cc3)OCCCN2C1=O. The number of rotatable bonds is 1. The predicted octanol–water partition coefficient (Wildman–Crippen LogP) is 2.78. The first-order valence-corrected chi connectivity index (χ1v) is 6.73. The first kappa shape index (κ1) is 12.0. The lowest BCUT2D eigenvalue weighted by Gasteiger charge is -2.42. The third kappa shape index (κ3) is 1.65. The van der Waals surface area contributed by atoms with Gasteiger partial charge < -0.3 is 9.64 Å². The molecule has 0 unspecified atom stereocenters. The van der Waals surface area contributed by atoms with Crippen molar-refractivity contribution in [2.45, 2.75) is 25.5 Å². The van der Waals surface area contributed by atoms with Crippen LogP contribution in [0.1, 0.15) is 25.3 Å². The van der Waals surface area contributed by atoms with Crippen LogP contribution in [-0.2, 0) is 15.3 Å². The molecule has 3 nitrogen and oxygen atoms in total. The van der Waals surface area contributed by atoms with Crippen LogP contribution < -0.4 is 0 Å². The number of fused-ring (bicyclic) bond motifs is 1. The lowest BCUT2D eigenvalue weighted by atomic mass is 9.95. The summed E-state index contributed by atoms with van der Waals surface area (Å²) in [6.07, 6.45) is 1.64. The topological polar surface area (TPSA) is 29.5 Å². The van der Waals surface area contributed by atoms with Gasteiger partial charge in [-0.15, -0.1) is 0 Å². The smallest absolute Gasteiger partial charge is 0.228 e. The number of halogens is 1. The van der Waals surface area contributed by atoms with E-state index in [1.165, 1.54) is 0 Å². The van der Waals surface area contributed by atoms with Crippen molar-refractivity contribution in [1.82, 2.24) is 4.90 Å². The molecule has 0 saturated carbocycles. The van der Waals surface area contributed by atoms with Crippen LogP contribution in [0.4, 0.5) is 0 Å². The van der Waals surface area contributed by atoms with E-state index >= 15 is 0 Å². The summed E-state index contributed by atoms with van der Waals surface area (Å²) in [5.74, 6) is 0.225. The highest BCUT2D eigenvalue weighted by Crippen LogP contribution is 2.45. The number of ether oxygens (including phenoxy) is 1. The summed E-state index contributed by atoms with van der Waals surface area (Å²) in [5.41, 5.74) is 0.476. The Kier molecular flexibility index (Phi) is 2.83. The largest absolute Gasteiger partial charge is 0.351 e. The zero-order valence-corrected chi connectivity index (χ0v) is 11.1. The zero-order valence-electron chi connectivity index (χ0n) is 10.4. The van der Waals surface area contributed by atoms with Gasteiger partial charge in [0, 0.05) is 29.5 Å². The first-order valence-electron chi connectivity index (χ1n) is 6.35. The lowest BCUT2D eigenvalue weighted by Crippen LogP contribution is -2.49. The summed E-state index contributed by atoms with van der Waals surface area (Å²) in [5, 5.41) is 0.704. The van der Waals surface area contributed by atoms with Gasteiger partial charge in [0.2, 0.25) is 5.91 Å². The van der Waals surface area contributed by atoms with E-state index in [9.17, 15) is 4.79 Å². The molecule has 1 amide bonds. The van der Waals surface area contributed by atoms with E-state index in [-0.39, 0.29) is 11.8 Å². The molecule has 0 aromatic heterocycles. The van der Waals surface area contributed by atoms with Crippen LogP contribution in [0, 0.1) is 5.92 Å². The molecule has 2 saturated heterocycles. The summed E-state index contributed by atoms with van der Waals surface area (Å²) in [4.78, 5) is 14.1. The maximum Gasteiger partial charge on any atom is 0.228 e. The van der Waals surface area contributed by atoms with Gasteiger partial charge >= 0.3 is 0 Å². The monoisotopic (exact) mass is 265 g/mol. The second-order valence-corrected chi connectivity index (χ2v) is 5.52.